The Morgan fingerprint density at radius 1 is 1.37 bits per heavy atom. The molecule has 1 aromatic rings. The van der Waals surface area contributed by atoms with Crippen LogP contribution in [-0.4, -0.2) is 30.6 Å². The summed E-state index contributed by atoms with van der Waals surface area (Å²) >= 11 is 0. The molecule has 0 aliphatic carbocycles. The van der Waals surface area contributed by atoms with Crippen molar-refractivity contribution < 1.29 is 4.79 Å². The Kier molecular flexibility index (Phi) is 4.10. The van der Waals surface area contributed by atoms with Crippen molar-refractivity contribution in [2.45, 2.75) is 45.3 Å². The lowest BCUT2D eigenvalue weighted by atomic mass is 9.97. The van der Waals surface area contributed by atoms with Gasteiger partial charge in [-0.15, -0.1) is 0 Å². The number of rotatable bonds is 3. The molecular weight excluding hydrogens is 238 g/mol. The second kappa shape index (κ2) is 5.61. The number of anilines is 1. The SMILES string of the molecule is CC(C)NC(=O)C(C)N1CC(N)Cc2ccccc21. The van der Waals surface area contributed by atoms with E-state index in [4.69, 9.17) is 5.73 Å². The topological polar surface area (TPSA) is 58.4 Å². The predicted molar refractivity (Wildman–Crippen MR) is 78.2 cm³/mol. The highest BCUT2D eigenvalue weighted by Crippen LogP contribution is 2.28. The van der Waals surface area contributed by atoms with E-state index in [0.717, 1.165) is 18.7 Å². The number of carbonyl (C=O) groups excluding carboxylic acids is 1. The number of amides is 1. The van der Waals surface area contributed by atoms with Crippen LogP contribution in [-0.2, 0) is 11.2 Å². The minimum absolute atomic E-state index is 0.0545. The highest BCUT2D eigenvalue weighted by Gasteiger charge is 2.28. The normalized spacial score (nSPS) is 20.1. The lowest BCUT2D eigenvalue weighted by Gasteiger charge is -2.38. The van der Waals surface area contributed by atoms with Crippen molar-refractivity contribution >= 4 is 11.6 Å². The van der Waals surface area contributed by atoms with Gasteiger partial charge < -0.3 is 16.0 Å². The molecule has 0 fully saturated rings. The summed E-state index contributed by atoms with van der Waals surface area (Å²) in [5, 5.41) is 2.96. The van der Waals surface area contributed by atoms with Crippen molar-refractivity contribution in [2.24, 2.45) is 5.73 Å². The molecule has 1 heterocycles. The minimum Gasteiger partial charge on any atom is -0.358 e. The molecule has 0 bridgehead atoms. The van der Waals surface area contributed by atoms with Crippen LogP contribution in [0.2, 0.25) is 0 Å². The Morgan fingerprint density at radius 2 is 2.05 bits per heavy atom. The average Bonchev–Trinajstić information content (AvgIpc) is 2.36. The molecule has 0 spiro atoms. The molecule has 0 aromatic heterocycles. The van der Waals surface area contributed by atoms with Gasteiger partial charge in [0.25, 0.3) is 0 Å². The van der Waals surface area contributed by atoms with Crippen LogP contribution in [0.3, 0.4) is 0 Å². The molecular formula is C15H23N3O. The van der Waals surface area contributed by atoms with Crippen LogP contribution < -0.4 is 16.0 Å². The summed E-state index contributed by atoms with van der Waals surface area (Å²) < 4.78 is 0. The molecule has 1 aromatic carbocycles. The van der Waals surface area contributed by atoms with E-state index in [-0.39, 0.29) is 24.0 Å². The van der Waals surface area contributed by atoms with Crippen molar-refractivity contribution in [1.29, 1.82) is 0 Å². The van der Waals surface area contributed by atoms with Crippen LogP contribution in [0.15, 0.2) is 24.3 Å². The molecule has 1 aliphatic heterocycles. The zero-order valence-electron chi connectivity index (χ0n) is 11.9. The van der Waals surface area contributed by atoms with Crippen molar-refractivity contribution in [3.8, 4) is 0 Å². The van der Waals surface area contributed by atoms with E-state index in [1.54, 1.807) is 0 Å². The summed E-state index contributed by atoms with van der Waals surface area (Å²) in [5.74, 6) is 0.0545. The van der Waals surface area contributed by atoms with Gasteiger partial charge in [0.15, 0.2) is 0 Å². The first kappa shape index (κ1) is 13.9. The van der Waals surface area contributed by atoms with Crippen LogP contribution in [0.5, 0.6) is 0 Å². The van der Waals surface area contributed by atoms with Gasteiger partial charge in [0.05, 0.1) is 0 Å². The van der Waals surface area contributed by atoms with Gasteiger partial charge in [0, 0.05) is 24.3 Å². The van der Waals surface area contributed by atoms with Gasteiger partial charge in [0.1, 0.15) is 6.04 Å². The lowest BCUT2D eigenvalue weighted by molar-refractivity contribution is -0.122. The van der Waals surface area contributed by atoms with E-state index in [0.29, 0.717) is 0 Å². The number of nitrogens with zero attached hydrogens (tertiary/aromatic N) is 1. The van der Waals surface area contributed by atoms with Gasteiger partial charge in [-0.2, -0.15) is 0 Å². The summed E-state index contributed by atoms with van der Waals surface area (Å²) in [7, 11) is 0. The quantitative estimate of drug-likeness (QED) is 0.862. The van der Waals surface area contributed by atoms with Crippen LogP contribution in [0.4, 0.5) is 5.69 Å². The molecule has 2 unspecified atom stereocenters. The smallest absolute Gasteiger partial charge is 0.242 e. The average molecular weight is 261 g/mol. The van der Waals surface area contributed by atoms with Crippen molar-refractivity contribution in [1.82, 2.24) is 5.32 Å². The Labute approximate surface area is 115 Å². The van der Waals surface area contributed by atoms with Crippen LogP contribution in [0, 0.1) is 0 Å². The van der Waals surface area contributed by atoms with E-state index >= 15 is 0 Å². The van der Waals surface area contributed by atoms with Gasteiger partial charge in [-0.25, -0.2) is 0 Å². The van der Waals surface area contributed by atoms with Gasteiger partial charge in [-0.1, -0.05) is 18.2 Å². The van der Waals surface area contributed by atoms with Crippen LogP contribution in [0.25, 0.3) is 0 Å². The van der Waals surface area contributed by atoms with Gasteiger partial charge in [-0.05, 0) is 38.8 Å². The molecule has 104 valence electrons. The first-order valence-electron chi connectivity index (χ1n) is 6.89. The number of benzene rings is 1. The van der Waals surface area contributed by atoms with Crippen LogP contribution in [0.1, 0.15) is 26.3 Å². The largest absolute Gasteiger partial charge is 0.358 e. The molecule has 1 amide bonds. The number of para-hydroxylation sites is 1. The Balaban J connectivity index is 2.22. The molecule has 1 aliphatic rings. The number of fused-ring (bicyclic) bond motifs is 1. The molecule has 19 heavy (non-hydrogen) atoms. The van der Waals surface area contributed by atoms with Crippen molar-refractivity contribution in [2.75, 3.05) is 11.4 Å². The summed E-state index contributed by atoms with van der Waals surface area (Å²) in [6, 6.07) is 8.24. The molecule has 2 rings (SSSR count). The summed E-state index contributed by atoms with van der Waals surface area (Å²) in [6.45, 7) is 6.61. The standard InChI is InChI=1S/C15H23N3O/c1-10(2)17-15(19)11(3)18-9-13(16)8-12-6-4-5-7-14(12)18/h4-7,10-11,13H,8-9,16H2,1-3H3,(H,17,19). The Morgan fingerprint density at radius 3 is 2.74 bits per heavy atom. The summed E-state index contributed by atoms with van der Waals surface area (Å²) in [4.78, 5) is 14.3. The number of hydrogen-bond acceptors (Lipinski definition) is 3. The Hall–Kier alpha value is -1.55. The lowest BCUT2D eigenvalue weighted by Crippen LogP contribution is -2.53. The zero-order chi connectivity index (χ0) is 14.0. The molecule has 0 radical (unpaired) electrons. The minimum atomic E-state index is -0.199. The molecule has 2 atom stereocenters. The number of carbonyl (C=O) groups is 1. The monoisotopic (exact) mass is 261 g/mol. The van der Waals surface area contributed by atoms with Gasteiger partial charge >= 0.3 is 0 Å². The van der Waals surface area contributed by atoms with Crippen molar-refractivity contribution in [3.63, 3.8) is 0 Å². The highest BCUT2D eigenvalue weighted by atomic mass is 16.2. The van der Waals surface area contributed by atoms with Crippen LogP contribution >= 0.6 is 0 Å². The van der Waals surface area contributed by atoms with E-state index in [1.165, 1.54) is 5.56 Å². The third-order valence-electron chi connectivity index (χ3n) is 3.49. The highest BCUT2D eigenvalue weighted by molar-refractivity contribution is 5.85. The molecule has 4 nitrogen and oxygen atoms in total. The maximum absolute atomic E-state index is 12.2. The number of nitrogens with two attached hydrogens (primary N) is 1. The first-order valence-corrected chi connectivity index (χ1v) is 6.89. The van der Waals surface area contributed by atoms with Crippen molar-refractivity contribution in [3.05, 3.63) is 29.8 Å². The third-order valence-corrected chi connectivity index (χ3v) is 3.49. The second-order valence-corrected chi connectivity index (χ2v) is 5.58. The van der Waals surface area contributed by atoms with E-state index in [1.807, 2.05) is 32.9 Å². The van der Waals surface area contributed by atoms with E-state index in [2.05, 4.69) is 22.3 Å². The van der Waals surface area contributed by atoms with Gasteiger partial charge in [-0.3, -0.25) is 4.79 Å². The van der Waals surface area contributed by atoms with E-state index < -0.39 is 0 Å². The maximum Gasteiger partial charge on any atom is 0.242 e. The third kappa shape index (κ3) is 3.07. The molecule has 4 heteroatoms. The molecule has 0 saturated carbocycles. The molecule has 3 N–H and O–H groups in total. The Bertz CT molecular complexity index is 458. The summed E-state index contributed by atoms with van der Waals surface area (Å²) in [5.41, 5.74) is 8.47. The summed E-state index contributed by atoms with van der Waals surface area (Å²) in [6.07, 6.45) is 0.880. The molecule has 0 saturated heterocycles. The maximum atomic E-state index is 12.2. The van der Waals surface area contributed by atoms with E-state index in [9.17, 15) is 4.79 Å². The van der Waals surface area contributed by atoms with Gasteiger partial charge in [0.2, 0.25) is 5.91 Å². The second-order valence-electron chi connectivity index (χ2n) is 5.58. The zero-order valence-corrected chi connectivity index (χ0v) is 11.9. The fourth-order valence-electron chi connectivity index (χ4n) is 2.58. The number of nitrogens with one attached hydrogen (secondary N) is 1. The first-order chi connectivity index (χ1) is 8.99. The number of hydrogen-bond donors (Lipinski definition) is 2. The fraction of sp³-hybridized carbons (Fsp3) is 0.533. The fourth-order valence-corrected chi connectivity index (χ4v) is 2.58. The predicted octanol–water partition coefficient (Wildman–Crippen LogP) is 1.29.